The number of aromatic nitrogens is 3. The smallest absolute Gasteiger partial charge is 0.137 e. The van der Waals surface area contributed by atoms with Crippen molar-refractivity contribution < 1.29 is 4.74 Å². The Bertz CT molecular complexity index is 1500. The number of anilines is 3. The Morgan fingerprint density at radius 3 is 2.38 bits per heavy atom. The Labute approximate surface area is 202 Å². The summed E-state index contributed by atoms with van der Waals surface area (Å²) in [5.41, 5.74) is 5.22. The molecule has 0 bridgehead atoms. The van der Waals surface area contributed by atoms with Crippen LogP contribution in [0.5, 0.6) is 11.5 Å². The molecule has 5 aromatic rings. The van der Waals surface area contributed by atoms with Gasteiger partial charge in [0.1, 0.15) is 17.3 Å². The highest BCUT2D eigenvalue weighted by Gasteiger charge is 2.26. The molecule has 0 atom stereocenters. The Kier molecular flexibility index (Phi) is 5.08. The average molecular weight is 463 g/mol. The van der Waals surface area contributed by atoms with Crippen LogP contribution in [0, 0.1) is 13.8 Å². The van der Waals surface area contributed by atoms with Crippen molar-refractivity contribution in [1.82, 2.24) is 14.8 Å². The summed E-state index contributed by atoms with van der Waals surface area (Å²) in [7, 11) is 0. The largest absolute Gasteiger partial charge is 0.457 e. The van der Waals surface area contributed by atoms with E-state index in [0.29, 0.717) is 0 Å². The van der Waals surface area contributed by atoms with Crippen LogP contribution in [0.3, 0.4) is 0 Å². The van der Waals surface area contributed by atoms with Crippen LogP contribution in [-0.4, -0.2) is 14.8 Å². The molecule has 3 aromatic carbocycles. The van der Waals surface area contributed by atoms with Crippen LogP contribution >= 0.6 is 11.8 Å². The number of para-hydroxylation sites is 1. The van der Waals surface area contributed by atoms with Crippen LogP contribution in [0.2, 0.25) is 0 Å². The van der Waals surface area contributed by atoms with Crippen LogP contribution in [0.4, 0.5) is 17.2 Å². The maximum atomic E-state index is 6.33. The van der Waals surface area contributed by atoms with Gasteiger partial charge in [-0.1, -0.05) is 36.0 Å². The van der Waals surface area contributed by atoms with Gasteiger partial charge in [0.15, 0.2) is 0 Å². The number of aryl methyl sites for hydroxylation is 2. The monoisotopic (exact) mass is 462 g/mol. The van der Waals surface area contributed by atoms with Crippen LogP contribution in [-0.2, 0) is 0 Å². The fourth-order valence-electron chi connectivity index (χ4n) is 4.24. The van der Waals surface area contributed by atoms with Crippen molar-refractivity contribution in [2.24, 2.45) is 0 Å². The van der Waals surface area contributed by atoms with Gasteiger partial charge in [-0.2, -0.15) is 5.10 Å². The second-order valence-electron chi connectivity index (χ2n) is 8.16. The number of hydrogen-bond acceptors (Lipinski definition) is 5. The van der Waals surface area contributed by atoms with Gasteiger partial charge < -0.3 is 4.74 Å². The number of rotatable bonds is 4. The topological polar surface area (TPSA) is 43.2 Å². The molecule has 5 nitrogen and oxygen atoms in total. The molecular weight excluding hydrogens is 440 g/mol. The zero-order valence-electron chi connectivity index (χ0n) is 18.8. The maximum Gasteiger partial charge on any atom is 0.137 e. The van der Waals surface area contributed by atoms with E-state index in [-0.39, 0.29) is 0 Å². The van der Waals surface area contributed by atoms with E-state index in [1.54, 1.807) is 11.8 Å². The lowest BCUT2D eigenvalue weighted by atomic mass is 10.2. The first-order valence-corrected chi connectivity index (χ1v) is 11.9. The van der Waals surface area contributed by atoms with Gasteiger partial charge in [0.05, 0.1) is 22.8 Å². The number of pyridine rings is 1. The van der Waals surface area contributed by atoms with Gasteiger partial charge in [-0.05, 0) is 68.4 Å². The van der Waals surface area contributed by atoms with Gasteiger partial charge >= 0.3 is 0 Å². The minimum absolute atomic E-state index is 0.762. The summed E-state index contributed by atoms with van der Waals surface area (Å²) in [6.45, 7) is 4.05. The molecule has 3 heterocycles. The van der Waals surface area contributed by atoms with E-state index >= 15 is 0 Å². The molecule has 0 aliphatic carbocycles. The summed E-state index contributed by atoms with van der Waals surface area (Å²) >= 11 is 1.76. The zero-order valence-corrected chi connectivity index (χ0v) is 19.7. The summed E-state index contributed by atoms with van der Waals surface area (Å²) in [5.74, 6) is 2.41. The van der Waals surface area contributed by atoms with Crippen LogP contribution in [0.1, 0.15) is 11.4 Å². The van der Waals surface area contributed by atoms with Gasteiger partial charge in [0.25, 0.3) is 0 Å². The van der Waals surface area contributed by atoms with E-state index in [4.69, 9.17) is 4.74 Å². The van der Waals surface area contributed by atoms with Crippen molar-refractivity contribution in [1.29, 1.82) is 0 Å². The first-order chi connectivity index (χ1) is 16.7. The summed E-state index contributed by atoms with van der Waals surface area (Å²) in [4.78, 5) is 9.19. The molecule has 0 amide bonds. The van der Waals surface area contributed by atoms with Gasteiger partial charge in [-0.3, -0.25) is 4.90 Å². The Morgan fingerprint density at radius 1 is 0.735 bits per heavy atom. The third kappa shape index (κ3) is 3.72. The minimum atomic E-state index is 0.762. The SMILES string of the molecule is Cc1cc(C)n(-c2cccc(Oc3ccc4c(c3)N(c3ccccn3)c3ccccc3S4)c2)n1. The Balaban J connectivity index is 1.38. The summed E-state index contributed by atoms with van der Waals surface area (Å²) in [6, 6.07) is 30.7. The van der Waals surface area contributed by atoms with Crippen molar-refractivity contribution in [2.45, 2.75) is 23.6 Å². The molecule has 0 saturated carbocycles. The molecule has 0 spiro atoms. The van der Waals surface area contributed by atoms with Crippen molar-refractivity contribution in [3.05, 3.63) is 109 Å². The standard InChI is InChI=1S/C28H22N4OS/c1-19-16-20(2)32(30-19)21-8-7-9-22(17-21)33-23-13-14-27-25(18-23)31(28-12-5-6-15-29-28)24-10-3-4-11-26(24)34-27/h3-18H,1-2H3. The van der Waals surface area contributed by atoms with Crippen LogP contribution < -0.4 is 9.64 Å². The van der Waals surface area contributed by atoms with Crippen molar-refractivity contribution in [3.8, 4) is 17.2 Å². The highest BCUT2D eigenvalue weighted by molar-refractivity contribution is 7.99. The Morgan fingerprint density at radius 2 is 1.56 bits per heavy atom. The molecule has 1 aliphatic heterocycles. The predicted molar refractivity (Wildman–Crippen MR) is 136 cm³/mol. The number of nitrogens with zero attached hydrogens (tertiary/aromatic N) is 4. The first-order valence-electron chi connectivity index (χ1n) is 11.1. The van der Waals surface area contributed by atoms with Crippen LogP contribution in [0.25, 0.3) is 5.69 Å². The molecule has 0 saturated heterocycles. The molecule has 6 heteroatoms. The number of fused-ring (bicyclic) bond motifs is 2. The van der Waals surface area contributed by atoms with Crippen molar-refractivity contribution in [3.63, 3.8) is 0 Å². The maximum absolute atomic E-state index is 6.33. The lowest BCUT2D eigenvalue weighted by Crippen LogP contribution is -2.15. The van der Waals surface area contributed by atoms with E-state index in [1.807, 2.05) is 66.3 Å². The normalized spacial score (nSPS) is 12.2. The summed E-state index contributed by atoms with van der Waals surface area (Å²) in [6.07, 6.45) is 1.82. The van der Waals surface area contributed by atoms with E-state index in [1.165, 1.54) is 4.90 Å². The molecule has 0 unspecified atom stereocenters. The lowest BCUT2D eigenvalue weighted by molar-refractivity contribution is 0.482. The number of ether oxygens (including phenoxy) is 1. The highest BCUT2D eigenvalue weighted by Crippen LogP contribution is 2.51. The molecule has 1 aliphatic rings. The van der Waals surface area contributed by atoms with Gasteiger partial charge in [0, 0.05) is 33.8 Å². The van der Waals surface area contributed by atoms with E-state index in [2.05, 4.69) is 64.4 Å². The van der Waals surface area contributed by atoms with Gasteiger partial charge in [0.2, 0.25) is 0 Å². The van der Waals surface area contributed by atoms with E-state index in [9.17, 15) is 0 Å². The quantitative estimate of drug-likeness (QED) is 0.270. The molecule has 0 fully saturated rings. The fraction of sp³-hybridized carbons (Fsp3) is 0.0714. The molecule has 0 radical (unpaired) electrons. The van der Waals surface area contributed by atoms with Gasteiger partial charge in [-0.25, -0.2) is 9.67 Å². The molecule has 34 heavy (non-hydrogen) atoms. The lowest BCUT2D eigenvalue weighted by Gasteiger charge is -2.32. The van der Waals surface area contributed by atoms with Crippen LogP contribution in [0.15, 0.2) is 107 Å². The number of hydrogen-bond donors (Lipinski definition) is 0. The average Bonchev–Trinajstić information content (AvgIpc) is 3.21. The highest BCUT2D eigenvalue weighted by atomic mass is 32.2. The second-order valence-corrected chi connectivity index (χ2v) is 9.24. The predicted octanol–water partition coefficient (Wildman–Crippen LogP) is 7.61. The third-order valence-electron chi connectivity index (χ3n) is 5.68. The molecule has 6 rings (SSSR count). The van der Waals surface area contributed by atoms with Crippen molar-refractivity contribution in [2.75, 3.05) is 4.90 Å². The first kappa shape index (κ1) is 20.6. The van der Waals surface area contributed by atoms with E-state index < -0.39 is 0 Å². The minimum Gasteiger partial charge on any atom is -0.457 e. The number of benzene rings is 3. The fourth-order valence-corrected chi connectivity index (χ4v) is 5.27. The zero-order chi connectivity index (χ0) is 23.1. The summed E-state index contributed by atoms with van der Waals surface area (Å²) < 4.78 is 8.26. The van der Waals surface area contributed by atoms with E-state index in [0.717, 1.165) is 50.7 Å². The molecule has 0 N–H and O–H groups in total. The Hall–Kier alpha value is -4.03. The van der Waals surface area contributed by atoms with Gasteiger partial charge in [-0.15, -0.1) is 0 Å². The molecule has 2 aromatic heterocycles. The second kappa shape index (κ2) is 8.39. The summed E-state index contributed by atoms with van der Waals surface area (Å²) in [5, 5.41) is 4.60. The molecule has 166 valence electrons. The van der Waals surface area contributed by atoms with Crippen molar-refractivity contribution >= 4 is 29.0 Å². The molecular formula is C28H22N4OS. The third-order valence-corrected chi connectivity index (χ3v) is 6.81.